The van der Waals surface area contributed by atoms with Gasteiger partial charge in [-0.25, -0.2) is 13.6 Å². The Balaban J connectivity index is 2.76. The first-order valence-electron chi connectivity index (χ1n) is 5.08. The Labute approximate surface area is 93.1 Å². The van der Waals surface area contributed by atoms with Gasteiger partial charge in [-0.1, -0.05) is 0 Å². The molecule has 1 rings (SSSR count). The zero-order valence-electron chi connectivity index (χ0n) is 9.26. The van der Waals surface area contributed by atoms with Gasteiger partial charge in [-0.05, 0) is 26.0 Å². The number of carbonyl (C=O) groups is 1. The molecule has 1 aromatic carbocycles. The molecule has 1 N–H and O–H groups in total. The Bertz CT molecular complexity index is 358. The number of nitrogens with zero attached hydrogens (tertiary/aromatic N) is 1. The average Bonchev–Trinajstić information content (AvgIpc) is 2.17. The van der Waals surface area contributed by atoms with Crippen molar-refractivity contribution in [3.63, 3.8) is 0 Å². The predicted molar refractivity (Wildman–Crippen MR) is 58.3 cm³/mol. The number of benzene rings is 1. The van der Waals surface area contributed by atoms with Crippen molar-refractivity contribution in [2.75, 3.05) is 18.4 Å². The van der Waals surface area contributed by atoms with E-state index in [1.54, 1.807) is 0 Å². The highest BCUT2D eigenvalue weighted by Gasteiger charge is 2.10. The van der Waals surface area contributed by atoms with Crippen LogP contribution in [0.2, 0.25) is 0 Å². The largest absolute Gasteiger partial charge is 0.325 e. The minimum atomic E-state index is -0.713. The maximum Gasteiger partial charge on any atom is 0.321 e. The molecule has 1 aromatic rings. The predicted octanol–water partition coefficient (Wildman–Crippen LogP) is 2.84. The Hall–Kier alpha value is -1.65. The molecule has 0 aromatic heterocycles. The van der Waals surface area contributed by atoms with Crippen LogP contribution in [0.1, 0.15) is 13.8 Å². The summed E-state index contributed by atoms with van der Waals surface area (Å²) in [6.07, 6.45) is 0. The van der Waals surface area contributed by atoms with Gasteiger partial charge in [-0.3, -0.25) is 0 Å². The number of urea groups is 1. The van der Waals surface area contributed by atoms with Crippen molar-refractivity contribution >= 4 is 11.7 Å². The van der Waals surface area contributed by atoms with Crippen molar-refractivity contribution in [3.8, 4) is 0 Å². The van der Waals surface area contributed by atoms with Crippen LogP contribution in [0.4, 0.5) is 19.3 Å². The molecular weight excluding hydrogens is 214 g/mol. The molecule has 0 unspecified atom stereocenters. The van der Waals surface area contributed by atoms with Gasteiger partial charge in [0.05, 0.1) is 0 Å². The van der Waals surface area contributed by atoms with Gasteiger partial charge in [-0.15, -0.1) is 0 Å². The van der Waals surface area contributed by atoms with Gasteiger partial charge in [0.1, 0.15) is 11.6 Å². The van der Waals surface area contributed by atoms with E-state index in [1.807, 2.05) is 13.8 Å². The number of rotatable bonds is 3. The van der Waals surface area contributed by atoms with Crippen LogP contribution >= 0.6 is 0 Å². The fraction of sp³-hybridized carbons (Fsp3) is 0.364. The van der Waals surface area contributed by atoms with Crippen molar-refractivity contribution in [2.24, 2.45) is 0 Å². The fourth-order valence-corrected chi connectivity index (χ4v) is 1.34. The lowest BCUT2D eigenvalue weighted by Crippen LogP contribution is -2.34. The number of nitrogens with one attached hydrogen (secondary N) is 1. The summed E-state index contributed by atoms with van der Waals surface area (Å²) < 4.78 is 25.7. The van der Waals surface area contributed by atoms with Crippen molar-refractivity contribution in [3.05, 3.63) is 29.8 Å². The summed E-state index contributed by atoms with van der Waals surface area (Å²) in [6, 6.07) is 2.54. The summed E-state index contributed by atoms with van der Waals surface area (Å²) in [6.45, 7) is 4.74. The maximum atomic E-state index is 12.8. The number of hydrogen-bond acceptors (Lipinski definition) is 1. The van der Waals surface area contributed by atoms with Crippen molar-refractivity contribution in [2.45, 2.75) is 13.8 Å². The molecule has 0 saturated heterocycles. The molecular formula is C11H14F2N2O. The monoisotopic (exact) mass is 228 g/mol. The van der Waals surface area contributed by atoms with E-state index in [4.69, 9.17) is 0 Å². The number of anilines is 1. The summed E-state index contributed by atoms with van der Waals surface area (Å²) in [5, 5.41) is 2.43. The Kier molecular flexibility index (Phi) is 4.22. The lowest BCUT2D eigenvalue weighted by Gasteiger charge is -2.19. The molecule has 0 heterocycles. The van der Waals surface area contributed by atoms with Gasteiger partial charge in [0, 0.05) is 24.8 Å². The van der Waals surface area contributed by atoms with Gasteiger partial charge in [-0.2, -0.15) is 0 Å². The van der Waals surface area contributed by atoms with Crippen LogP contribution in [0.3, 0.4) is 0 Å². The van der Waals surface area contributed by atoms with Gasteiger partial charge in [0.2, 0.25) is 0 Å². The molecule has 0 atom stereocenters. The van der Waals surface area contributed by atoms with Crippen molar-refractivity contribution in [1.29, 1.82) is 0 Å². The fourth-order valence-electron chi connectivity index (χ4n) is 1.34. The van der Waals surface area contributed by atoms with E-state index in [1.165, 1.54) is 4.90 Å². The number of carbonyl (C=O) groups excluding carboxylic acids is 1. The van der Waals surface area contributed by atoms with Crippen molar-refractivity contribution in [1.82, 2.24) is 4.90 Å². The van der Waals surface area contributed by atoms with Crippen LogP contribution in [-0.2, 0) is 0 Å². The van der Waals surface area contributed by atoms with Crippen LogP contribution in [-0.4, -0.2) is 24.0 Å². The third-order valence-electron chi connectivity index (χ3n) is 2.16. The molecule has 0 aliphatic heterocycles. The molecule has 3 nitrogen and oxygen atoms in total. The Morgan fingerprint density at radius 1 is 1.19 bits per heavy atom. The summed E-state index contributed by atoms with van der Waals surface area (Å²) >= 11 is 0. The number of amides is 2. The number of hydrogen-bond donors (Lipinski definition) is 1. The zero-order chi connectivity index (χ0) is 12.1. The molecule has 0 bridgehead atoms. The minimum Gasteiger partial charge on any atom is -0.325 e. The highest BCUT2D eigenvalue weighted by Crippen LogP contribution is 2.13. The topological polar surface area (TPSA) is 32.3 Å². The second-order valence-electron chi connectivity index (χ2n) is 3.26. The van der Waals surface area contributed by atoms with E-state index in [0.29, 0.717) is 13.1 Å². The van der Waals surface area contributed by atoms with Crippen molar-refractivity contribution < 1.29 is 13.6 Å². The molecule has 0 aliphatic rings. The maximum absolute atomic E-state index is 12.8. The van der Waals surface area contributed by atoms with Gasteiger partial charge in [0.25, 0.3) is 0 Å². The minimum absolute atomic E-state index is 0.120. The van der Waals surface area contributed by atoms with E-state index in [9.17, 15) is 13.6 Å². The van der Waals surface area contributed by atoms with Crippen LogP contribution in [0.15, 0.2) is 18.2 Å². The summed E-state index contributed by atoms with van der Waals surface area (Å²) in [5.41, 5.74) is 0.120. The molecule has 0 fully saturated rings. The molecule has 0 aliphatic carbocycles. The third-order valence-corrected chi connectivity index (χ3v) is 2.16. The van der Waals surface area contributed by atoms with Crippen LogP contribution in [0.25, 0.3) is 0 Å². The first-order valence-corrected chi connectivity index (χ1v) is 5.08. The smallest absolute Gasteiger partial charge is 0.321 e. The standard InChI is InChI=1S/C11H14F2N2O/c1-3-15(4-2)11(16)14-10-6-8(12)5-9(13)7-10/h5-7H,3-4H2,1-2H3,(H,14,16). The average molecular weight is 228 g/mol. The van der Waals surface area contributed by atoms with Gasteiger partial charge < -0.3 is 10.2 Å². The highest BCUT2D eigenvalue weighted by atomic mass is 19.1. The Morgan fingerprint density at radius 2 is 1.69 bits per heavy atom. The molecule has 0 spiro atoms. The second kappa shape index (κ2) is 5.44. The van der Waals surface area contributed by atoms with E-state index >= 15 is 0 Å². The SMILES string of the molecule is CCN(CC)C(=O)Nc1cc(F)cc(F)c1. The first-order chi connectivity index (χ1) is 7.56. The first kappa shape index (κ1) is 12.4. The molecule has 88 valence electrons. The van der Waals surface area contributed by atoms with Crippen LogP contribution in [0.5, 0.6) is 0 Å². The second-order valence-corrected chi connectivity index (χ2v) is 3.26. The summed E-state index contributed by atoms with van der Waals surface area (Å²) in [4.78, 5) is 13.1. The normalized spacial score (nSPS) is 10.0. The molecule has 0 saturated carbocycles. The summed E-state index contributed by atoms with van der Waals surface area (Å²) in [5.74, 6) is -1.43. The lowest BCUT2D eigenvalue weighted by atomic mass is 10.3. The molecule has 0 radical (unpaired) electrons. The van der Waals surface area contributed by atoms with Gasteiger partial charge in [0.15, 0.2) is 0 Å². The molecule has 16 heavy (non-hydrogen) atoms. The van der Waals surface area contributed by atoms with E-state index in [0.717, 1.165) is 18.2 Å². The third kappa shape index (κ3) is 3.18. The van der Waals surface area contributed by atoms with Gasteiger partial charge >= 0.3 is 6.03 Å². The molecule has 2 amide bonds. The molecule has 5 heteroatoms. The van der Waals surface area contributed by atoms with E-state index in [2.05, 4.69) is 5.32 Å². The zero-order valence-corrected chi connectivity index (χ0v) is 9.26. The quantitative estimate of drug-likeness (QED) is 0.847. The summed E-state index contributed by atoms with van der Waals surface area (Å²) in [7, 11) is 0. The van der Waals surface area contributed by atoms with E-state index < -0.39 is 11.6 Å². The van der Waals surface area contributed by atoms with E-state index in [-0.39, 0.29) is 11.7 Å². The number of halogens is 2. The lowest BCUT2D eigenvalue weighted by molar-refractivity contribution is 0.217. The Morgan fingerprint density at radius 3 is 2.12 bits per heavy atom. The van der Waals surface area contributed by atoms with Crippen LogP contribution in [0, 0.1) is 11.6 Å². The van der Waals surface area contributed by atoms with Crippen LogP contribution < -0.4 is 5.32 Å². The highest BCUT2D eigenvalue weighted by molar-refractivity contribution is 5.89.